The molecule has 3 heterocycles. The molecular formula is C14H15BrN4S. The summed E-state index contributed by atoms with van der Waals surface area (Å²) in [4.78, 5) is 7.08. The summed E-state index contributed by atoms with van der Waals surface area (Å²) >= 11 is 5.34. The van der Waals surface area contributed by atoms with Crippen LogP contribution in [0.3, 0.4) is 0 Å². The van der Waals surface area contributed by atoms with Crippen molar-refractivity contribution in [2.24, 2.45) is 7.05 Å². The van der Waals surface area contributed by atoms with Gasteiger partial charge in [-0.15, -0.1) is 11.3 Å². The van der Waals surface area contributed by atoms with Gasteiger partial charge < -0.3 is 5.32 Å². The summed E-state index contributed by atoms with van der Waals surface area (Å²) in [5.41, 5.74) is 2.95. The van der Waals surface area contributed by atoms with Crippen molar-refractivity contribution in [1.82, 2.24) is 14.8 Å². The summed E-state index contributed by atoms with van der Waals surface area (Å²) in [7, 11) is 1.92. The van der Waals surface area contributed by atoms with Crippen LogP contribution in [0.1, 0.15) is 15.4 Å². The highest BCUT2D eigenvalue weighted by Gasteiger charge is 2.07. The average molecular weight is 351 g/mol. The summed E-state index contributed by atoms with van der Waals surface area (Å²) in [5.74, 6) is 0. The minimum atomic E-state index is 0.809. The third-order valence-corrected chi connectivity index (χ3v) is 5.37. The van der Waals surface area contributed by atoms with Crippen molar-refractivity contribution >= 4 is 44.0 Å². The van der Waals surface area contributed by atoms with Crippen molar-refractivity contribution in [3.05, 3.63) is 38.3 Å². The van der Waals surface area contributed by atoms with Crippen LogP contribution in [0.5, 0.6) is 0 Å². The summed E-state index contributed by atoms with van der Waals surface area (Å²) < 4.78 is 2.99. The average Bonchev–Trinajstić information content (AvgIpc) is 2.88. The van der Waals surface area contributed by atoms with Crippen molar-refractivity contribution < 1.29 is 0 Å². The third kappa shape index (κ3) is 2.45. The van der Waals surface area contributed by atoms with Crippen LogP contribution in [0.25, 0.3) is 11.0 Å². The molecule has 0 atom stereocenters. The van der Waals surface area contributed by atoms with Gasteiger partial charge in [0.1, 0.15) is 0 Å². The van der Waals surface area contributed by atoms with Crippen LogP contribution < -0.4 is 5.32 Å². The summed E-state index contributed by atoms with van der Waals surface area (Å²) in [6, 6.07) is 4.27. The van der Waals surface area contributed by atoms with E-state index in [1.807, 2.05) is 24.9 Å². The van der Waals surface area contributed by atoms with E-state index in [-0.39, 0.29) is 0 Å². The number of aryl methyl sites for hydroxylation is 3. The fraction of sp³-hybridized carbons (Fsp3) is 0.286. The van der Waals surface area contributed by atoms with Gasteiger partial charge in [0.05, 0.1) is 17.6 Å². The Hall–Kier alpha value is -1.40. The molecule has 0 radical (unpaired) electrons. The first kappa shape index (κ1) is 13.6. The number of thiophene rings is 1. The Bertz CT molecular complexity index is 755. The van der Waals surface area contributed by atoms with Gasteiger partial charge in [-0.25, -0.2) is 4.98 Å². The highest BCUT2D eigenvalue weighted by molar-refractivity contribution is 9.10. The van der Waals surface area contributed by atoms with E-state index < -0.39 is 0 Å². The molecule has 0 saturated heterocycles. The molecule has 4 nitrogen and oxygen atoms in total. The smallest absolute Gasteiger partial charge is 0.157 e. The lowest BCUT2D eigenvalue weighted by molar-refractivity contribution is 0.774. The standard InChI is InChI=1S/C14H15BrN4S/c1-8-12-4-10(6-17-14(12)19(3)18-8)16-7-11-5-13(15)9(2)20-11/h4-6,16H,7H2,1-3H3. The first-order valence-electron chi connectivity index (χ1n) is 6.32. The van der Waals surface area contributed by atoms with E-state index in [2.05, 4.69) is 50.4 Å². The van der Waals surface area contributed by atoms with Crippen molar-refractivity contribution in [1.29, 1.82) is 0 Å². The molecule has 3 rings (SSSR count). The Morgan fingerprint density at radius 1 is 1.35 bits per heavy atom. The quantitative estimate of drug-likeness (QED) is 0.775. The molecule has 0 aliphatic carbocycles. The van der Waals surface area contributed by atoms with Crippen LogP contribution in [0, 0.1) is 13.8 Å². The van der Waals surface area contributed by atoms with Crippen molar-refractivity contribution in [2.75, 3.05) is 5.32 Å². The SMILES string of the molecule is Cc1sc(CNc2cnc3c(c2)c(C)nn3C)cc1Br. The van der Waals surface area contributed by atoms with Crippen LogP contribution in [-0.4, -0.2) is 14.8 Å². The molecule has 0 aromatic carbocycles. The van der Waals surface area contributed by atoms with Gasteiger partial charge in [0.2, 0.25) is 0 Å². The predicted octanol–water partition coefficient (Wildman–Crippen LogP) is 4.02. The molecule has 0 unspecified atom stereocenters. The summed E-state index contributed by atoms with van der Waals surface area (Å²) in [5, 5.41) is 8.91. The summed E-state index contributed by atoms with van der Waals surface area (Å²) in [6.07, 6.45) is 1.86. The minimum Gasteiger partial charge on any atom is -0.379 e. The largest absolute Gasteiger partial charge is 0.379 e. The van der Waals surface area contributed by atoms with Crippen LogP contribution >= 0.6 is 27.3 Å². The van der Waals surface area contributed by atoms with Gasteiger partial charge >= 0.3 is 0 Å². The number of hydrogen-bond donors (Lipinski definition) is 1. The molecule has 0 amide bonds. The van der Waals surface area contributed by atoms with Gasteiger partial charge in [0.15, 0.2) is 5.65 Å². The number of aromatic nitrogens is 3. The van der Waals surface area contributed by atoms with Crippen molar-refractivity contribution in [2.45, 2.75) is 20.4 Å². The van der Waals surface area contributed by atoms with E-state index in [0.29, 0.717) is 0 Å². The topological polar surface area (TPSA) is 42.7 Å². The first-order valence-corrected chi connectivity index (χ1v) is 7.93. The molecule has 104 valence electrons. The minimum absolute atomic E-state index is 0.809. The van der Waals surface area contributed by atoms with Gasteiger partial charge in [-0.3, -0.25) is 4.68 Å². The highest BCUT2D eigenvalue weighted by atomic mass is 79.9. The number of fused-ring (bicyclic) bond motifs is 1. The maximum atomic E-state index is 4.47. The first-order chi connectivity index (χ1) is 9.54. The predicted molar refractivity (Wildman–Crippen MR) is 87.3 cm³/mol. The number of nitrogens with zero attached hydrogens (tertiary/aromatic N) is 3. The van der Waals surface area contributed by atoms with Crippen LogP contribution in [0.2, 0.25) is 0 Å². The fourth-order valence-corrected chi connectivity index (χ4v) is 3.74. The fourth-order valence-electron chi connectivity index (χ4n) is 2.20. The molecule has 0 aliphatic heterocycles. The van der Waals surface area contributed by atoms with Crippen LogP contribution in [0.15, 0.2) is 22.8 Å². The van der Waals surface area contributed by atoms with Crippen molar-refractivity contribution in [3.8, 4) is 0 Å². The van der Waals surface area contributed by atoms with E-state index in [4.69, 9.17) is 0 Å². The molecule has 3 aromatic heterocycles. The van der Waals surface area contributed by atoms with Gasteiger partial charge in [0.25, 0.3) is 0 Å². The molecular weight excluding hydrogens is 336 g/mol. The molecule has 20 heavy (non-hydrogen) atoms. The summed E-state index contributed by atoms with van der Waals surface area (Å²) in [6.45, 7) is 4.93. The van der Waals surface area contributed by atoms with E-state index >= 15 is 0 Å². The van der Waals surface area contributed by atoms with Gasteiger partial charge in [-0.2, -0.15) is 5.10 Å². The Kier molecular flexibility index (Phi) is 3.52. The van der Waals surface area contributed by atoms with Gasteiger partial charge in [0, 0.05) is 33.2 Å². The molecule has 0 spiro atoms. The lowest BCUT2D eigenvalue weighted by Crippen LogP contribution is -1.98. The van der Waals surface area contributed by atoms with E-state index in [0.717, 1.165) is 29.0 Å². The maximum Gasteiger partial charge on any atom is 0.157 e. The Balaban J connectivity index is 1.82. The lowest BCUT2D eigenvalue weighted by Gasteiger charge is -2.04. The number of nitrogens with one attached hydrogen (secondary N) is 1. The maximum absolute atomic E-state index is 4.47. The van der Waals surface area contributed by atoms with E-state index in [1.165, 1.54) is 14.2 Å². The number of anilines is 1. The Morgan fingerprint density at radius 2 is 2.15 bits per heavy atom. The molecule has 3 aromatic rings. The second kappa shape index (κ2) is 5.18. The number of rotatable bonds is 3. The van der Waals surface area contributed by atoms with Gasteiger partial charge in [-0.1, -0.05) is 0 Å². The highest BCUT2D eigenvalue weighted by Crippen LogP contribution is 2.27. The monoisotopic (exact) mass is 350 g/mol. The molecule has 1 N–H and O–H groups in total. The molecule has 0 bridgehead atoms. The number of halogens is 1. The van der Waals surface area contributed by atoms with Crippen LogP contribution in [-0.2, 0) is 13.6 Å². The normalized spacial score (nSPS) is 11.2. The molecule has 0 aliphatic rings. The molecule has 0 fully saturated rings. The lowest BCUT2D eigenvalue weighted by atomic mass is 10.2. The molecule has 6 heteroatoms. The van der Waals surface area contributed by atoms with E-state index in [9.17, 15) is 0 Å². The number of pyridine rings is 1. The van der Waals surface area contributed by atoms with Gasteiger partial charge in [-0.05, 0) is 41.9 Å². The Labute approximate surface area is 130 Å². The molecule has 0 saturated carbocycles. The van der Waals surface area contributed by atoms with Crippen molar-refractivity contribution in [3.63, 3.8) is 0 Å². The zero-order valence-electron chi connectivity index (χ0n) is 11.6. The van der Waals surface area contributed by atoms with E-state index in [1.54, 1.807) is 11.3 Å². The Morgan fingerprint density at radius 3 is 2.85 bits per heavy atom. The zero-order valence-corrected chi connectivity index (χ0v) is 14.0. The second-order valence-electron chi connectivity index (χ2n) is 4.77. The third-order valence-electron chi connectivity index (χ3n) is 3.24. The van der Waals surface area contributed by atoms with Crippen LogP contribution in [0.4, 0.5) is 5.69 Å². The zero-order chi connectivity index (χ0) is 14.3. The number of hydrogen-bond acceptors (Lipinski definition) is 4. The second-order valence-corrected chi connectivity index (χ2v) is 6.97.